The van der Waals surface area contributed by atoms with E-state index >= 15 is 0 Å². The molecular formula is C15H17N3S2. The Balaban J connectivity index is 2.17. The summed E-state index contributed by atoms with van der Waals surface area (Å²) in [5.41, 5.74) is 3.21. The number of aromatic nitrogens is 3. The maximum absolute atomic E-state index is 5.48. The maximum atomic E-state index is 5.48. The van der Waals surface area contributed by atoms with Gasteiger partial charge in [0, 0.05) is 17.2 Å². The first-order valence-corrected chi connectivity index (χ1v) is 8.39. The van der Waals surface area contributed by atoms with E-state index in [0.717, 1.165) is 34.2 Å². The topological polar surface area (TPSA) is 33.6 Å². The fourth-order valence-electron chi connectivity index (χ4n) is 2.44. The van der Waals surface area contributed by atoms with E-state index in [1.807, 2.05) is 36.2 Å². The number of nitrogens with one attached hydrogen (secondary N) is 1. The van der Waals surface area contributed by atoms with Gasteiger partial charge < -0.3 is 9.55 Å². The quantitative estimate of drug-likeness (QED) is 0.726. The second-order valence-corrected chi connectivity index (χ2v) is 6.62. The minimum absolute atomic E-state index is 0.634. The standard InChI is InChI=1S/C15H17N3S2/c1-10(20-2)7-8-18-14-11-5-3-4-6-12(11)16-9-13(14)17-15(18)19/h3-6,9-10H,7-8H2,1-2H3,(H,17,19). The molecule has 104 valence electrons. The monoisotopic (exact) mass is 303 g/mol. The Bertz CT molecular complexity index is 804. The van der Waals surface area contributed by atoms with E-state index in [1.54, 1.807) is 0 Å². The van der Waals surface area contributed by atoms with Gasteiger partial charge in [-0.25, -0.2) is 0 Å². The molecule has 0 amide bonds. The van der Waals surface area contributed by atoms with Gasteiger partial charge in [-0.15, -0.1) is 0 Å². The van der Waals surface area contributed by atoms with Crippen molar-refractivity contribution >= 4 is 45.9 Å². The van der Waals surface area contributed by atoms with E-state index in [-0.39, 0.29) is 0 Å². The van der Waals surface area contributed by atoms with Crippen LogP contribution in [0.5, 0.6) is 0 Å². The first-order chi connectivity index (χ1) is 9.70. The number of H-pyrrole nitrogens is 1. The Morgan fingerprint density at radius 3 is 3.00 bits per heavy atom. The summed E-state index contributed by atoms with van der Waals surface area (Å²) in [5, 5.41) is 1.80. The Labute approximate surface area is 127 Å². The Morgan fingerprint density at radius 1 is 1.40 bits per heavy atom. The van der Waals surface area contributed by atoms with E-state index in [1.165, 1.54) is 5.52 Å². The number of thioether (sulfide) groups is 1. The first kappa shape index (κ1) is 13.6. The number of imidazole rings is 1. The van der Waals surface area contributed by atoms with Gasteiger partial charge in [0.05, 0.1) is 22.7 Å². The summed E-state index contributed by atoms with van der Waals surface area (Å²) in [7, 11) is 0. The molecule has 0 fully saturated rings. The Morgan fingerprint density at radius 2 is 2.20 bits per heavy atom. The molecule has 0 bridgehead atoms. The Hall–Kier alpha value is -1.33. The van der Waals surface area contributed by atoms with Crippen LogP contribution in [0, 0.1) is 4.77 Å². The van der Waals surface area contributed by atoms with Crippen LogP contribution in [0.4, 0.5) is 0 Å². The molecule has 3 nitrogen and oxygen atoms in total. The number of hydrogen-bond donors (Lipinski definition) is 1. The van der Waals surface area contributed by atoms with Crippen molar-refractivity contribution < 1.29 is 0 Å². The minimum atomic E-state index is 0.634. The lowest BCUT2D eigenvalue weighted by Gasteiger charge is -2.10. The molecule has 1 atom stereocenters. The zero-order chi connectivity index (χ0) is 14.1. The maximum Gasteiger partial charge on any atom is 0.178 e. The summed E-state index contributed by atoms with van der Waals surface area (Å²) in [5.74, 6) is 0. The van der Waals surface area contributed by atoms with Crippen LogP contribution in [0.2, 0.25) is 0 Å². The predicted molar refractivity (Wildman–Crippen MR) is 90.0 cm³/mol. The van der Waals surface area contributed by atoms with Crippen molar-refractivity contribution in [2.75, 3.05) is 6.26 Å². The van der Waals surface area contributed by atoms with Crippen molar-refractivity contribution in [3.8, 4) is 0 Å². The van der Waals surface area contributed by atoms with Crippen LogP contribution >= 0.6 is 24.0 Å². The number of pyridine rings is 1. The number of fused-ring (bicyclic) bond motifs is 3. The number of nitrogens with zero attached hydrogens (tertiary/aromatic N) is 2. The van der Waals surface area contributed by atoms with E-state index < -0.39 is 0 Å². The fourth-order valence-corrected chi connectivity index (χ4v) is 3.07. The van der Waals surface area contributed by atoms with Gasteiger partial charge in [-0.2, -0.15) is 11.8 Å². The third-order valence-electron chi connectivity index (χ3n) is 3.67. The van der Waals surface area contributed by atoms with E-state index in [0.29, 0.717) is 5.25 Å². The van der Waals surface area contributed by atoms with Crippen molar-refractivity contribution in [3.05, 3.63) is 35.2 Å². The number of benzene rings is 1. The molecule has 1 N–H and O–H groups in total. The van der Waals surface area contributed by atoms with Gasteiger partial charge in [0.1, 0.15) is 0 Å². The molecule has 0 aliphatic rings. The van der Waals surface area contributed by atoms with E-state index in [2.05, 4.69) is 33.8 Å². The average molecular weight is 303 g/mol. The number of para-hydroxylation sites is 1. The molecule has 0 aliphatic heterocycles. The smallest absolute Gasteiger partial charge is 0.178 e. The highest BCUT2D eigenvalue weighted by Gasteiger charge is 2.10. The van der Waals surface area contributed by atoms with Crippen LogP contribution in [0.15, 0.2) is 30.5 Å². The van der Waals surface area contributed by atoms with Crippen LogP contribution < -0.4 is 0 Å². The molecule has 20 heavy (non-hydrogen) atoms. The van der Waals surface area contributed by atoms with Crippen LogP contribution in [-0.2, 0) is 6.54 Å². The lowest BCUT2D eigenvalue weighted by molar-refractivity contribution is 0.649. The van der Waals surface area contributed by atoms with Crippen molar-refractivity contribution in [1.82, 2.24) is 14.5 Å². The van der Waals surface area contributed by atoms with Crippen LogP contribution in [0.3, 0.4) is 0 Å². The summed E-state index contributed by atoms with van der Waals surface area (Å²) in [6.07, 6.45) is 5.14. The second-order valence-electron chi connectivity index (χ2n) is 4.95. The van der Waals surface area contributed by atoms with E-state index in [4.69, 9.17) is 12.2 Å². The van der Waals surface area contributed by atoms with Crippen LogP contribution in [0.1, 0.15) is 13.3 Å². The van der Waals surface area contributed by atoms with Gasteiger partial charge in [0.2, 0.25) is 0 Å². The van der Waals surface area contributed by atoms with Gasteiger partial charge in [-0.1, -0.05) is 25.1 Å². The minimum Gasteiger partial charge on any atom is -0.329 e. The molecule has 0 spiro atoms. The summed E-state index contributed by atoms with van der Waals surface area (Å²) in [6, 6.07) is 8.22. The molecule has 2 heterocycles. The third kappa shape index (κ3) is 2.36. The molecular weight excluding hydrogens is 286 g/mol. The zero-order valence-electron chi connectivity index (χ0n) is 11.6. The van der Waals surface area contributed by atoms with Crippen molar-refractivity contribution in [2.45, 2.75) is 25.1 Å². The normalized spacial score (nSPS) is 13.1. The van der Waals surface area contributed by atoms with Gasteiger partial charge in [0.25, 0.3) is 0 Å². The van der Waals surface area contributed by atoms with Crippen LogP contribution in [0.25, 0.3) is 21.9 Å². The molecule has 2 aromatic heterocycles. The Kier molecular flexibility index (Phi) is 3.81. The first-order valence-electron chi connectivity index (χ1n) is 6.69. The molecule has 3 rings (SSSR count). The van der Waals surface area contributed by atoms with Crippen molar-refractivity contribution in [2.24, 2.45) is 0 Å². The lowest BCUT2D eigenvalue weighted by atomic mass is 10.2. The molecule has 0 aliphatic carbocycles. The summed E-state index contributed by atoms with van der Waals surface area (Å²) >= 11 is 7.37. The van der Waals surface area contributed by atoms with Gasteiger partial charge >= 0.3 is 0 Å². The molecule has 0 saturated heterocycles. The highest BCUT2D eigenvalue weighted by molar-refractivity contribution is 7.99. The molecule has 0 radical (unpaired) electrons. The molecule has 3 aromatic rings. The van der Waals surface area contributed by atoms with Gasteiger partial charge in [0.15, 0.2) is 4.77 Å². The predicted octanol–water partition coefficient (Wildman–Crippen LogP) is 4.39. The molecule has 1 aromatic carbocycles. The van der Waals surface area contributed by atoms with Gasteiger partial charge in [-0.05, 0) is 31.0 Å². The molecule has 5 heteroatoms. The number of hydrogen-bond acceptors (Lipinski definition) is 3. The summed E-state index contributed by atoms with van der Waals surface area (Å²) in [4.78, 5) is 7.75. The second kappa shape index (κ2) is 5.58. The lowest BCUT2D eigenvalue weighted by Crippen LogP contribution is -2.05. The zero-order valence-corrected chi connectivity index (χ0v) is 13.2. The van der Waals surface area contributed by atoms with Crippen LogP contribution in [-0.4, -0.2) is 26.0 Å². The summed E-state index contributed by atoms with van der Waals surface area (Å²) in [6.45, 7) is 3.19. The highest BCUT2D eigenvalue weighted by atomic mass is 32.2. The highest BCUT2D eigenvalue weighted by Crippen LogP contribution is 2.24. The SMILES string of the molecule is CSC(C)CCn1c(=S)[nH]c2cnc3ccccc3c21. The third-order valence-corrected chi connectivity index (χ3v) is 5.03. The number of aryl methyl sites for hydroxylation is 1. The summed E-state index contributed by atoms with van der Waals surface area (Å²) < 4.78 is 2.99. The number of aromatic amines is 1. The fraction of sp³-hybridized carbons (Fsp3) is 0.333. The van der Waals surface area contributed by atoms with Gasteiger partial charge in [-0.3, -0.25) is 4.98 Å². The largest absolute Gasteiger partial charge is 0.329 e. The number of rotatable bonds is 4. The van der Waals surface area contributed by atoms with Crippen molar-refractivity contribution in [1.29, 1.82) is 0 Å². The average Bonchev–Trinajstić information content (AvgIpc) is 2.80. The molecule has 0 saturated carbocycles. The molecule has 1 unspecified atom stereocenters. The van der Waals surface area contributed by atoms with Crippen molar-refractivity contribution in [3.63, 3.8) is 0 Å². The van der Waals surface area contributed by atoms with E-state index in [9.17, 15) is 0 Å².